The number of hydrogen-bond donors (Lipinski definition) is 0. The van der Waals surface area contributed by atoms with Gasteiger partial charge in [-0.2, -0.15) is 79.0 Å². The van der Waals surface area contributed by atoms with Crippen molar-refractivity contribution < 1.29 is 79.0 Å². The quantitative estimate of drug-likeness (QED) is 0.194. The van der Waals surface area contributed by atoms with Gasteiger partial charge in [-0.15, -0.1) is 0 Å². The maximum absolute atomic E-state index is 13.6. The Morgan fingerprint density at radius 2 is 0.553 bits per heavy atom. The van der Waals surface area contributed by atoms with Crippen molar-refractivity contribution in [2.75, 3.05) is 0 Å². The van der Waals surface area contributed by atoms with Crippen LogP contribution in [-0.2, 0) is 37.1 Å². The molecule has 3 rings (SSSR count). The zero-order chi connectivity index (χ0) is 29.6. The van der Waals surface area contributed by atoms with Gasteiger partial charge in [0.2, 0.25) is 0 Å². The number of halogens is 18. The van der Waals surface area contributed by atoms with Gasteiger partial charge in [0.25, 0.3) is 0 Å². The molecular weight excluding hydrogens is 586 g/mol. The standard InChI is InChI=1S/C18H2F18N2/c19-13(20,21)3-1-5(15(25,26)27)9-11(7(3)17(31,32)33)38-10-6(16(28,29)30)2-4(14(22,23)24)8(12(10)37-9)18(34,35)36/h1-2H. The molecule has 0 unspecified atom stereocenters. The van der Waals surface area contributed by atoms with Crippen molar-refractivity contribution in [3.8, 4) is 0 Å². The molecule has 0 fully saturated rings. The lowest BCUT2D eigenvalue weighted by Crippen LogP contribution is -2.23. The Morgan fingerprint density at radius 3 is 0.737 bits per heavy atom. The van der Waals surface area contributed by atoms with Gasteiger partial charge in [0.1, 0.15) is 22.1 Å². The summed E-state index contributed by atoms with van der Waals surface area (Å²) < 4.78 is 242. The van der Waals surface area contributed by atoms with Crippen LogP contribution in [0.25, 0.3) is 22.1 Å². The van der Waals surface area contributed by atoms with E-state index in [0.29, 0.717) is 0 Å². The minimum Gasteiger partial charge on any atom is -0.243 e. The largest absolute Gasteiger partial charge is 0.419 e. The van der Waals surface area contributed by atoms with Crippen LogP contribution >= 0.6 is 0 Å². The van der Waals surface area contributed by atoms with Crippen molar-refractivity contribution in [1.29, 1.82) is 0 Å². The van der Waals surface area contributed by atoms with Gasteiger partial charge in [0, 0.05) is 0 Å². The fourth-order valence-electron chi connectivity index (χ4n) is 3.44. The Bertz CT molecular complexity index is 1300. The molecule has 0 atom stereocenters. The van der Waals surface area contributed by atoms with Gasteiger partial charge in [0.15, 0.2) is 0 Å². The average molecular weight is 588 g/mol. The number of nitrogens with zero attached hydrogens (tertiary/aromatic N) is 2. The first-order valence-corrected chi connectivity index (χ1v) is 8.95. The van der Waals surface area contributed by atoms with E-state index in [2.05, 4.69) is 9.97 Å². The Kier molecular flexibility index (Phi) is 6.28. The molecule has 210 valence electrons. The molecule has 0 aliphatic heterocycles. The minimum atomic E-state index is -6.34. The second kappa shape index (κ2) is 8.14. The first-order valence-electron chi connectivity index (χ1n) is 8.95. The second-order valence-electron chi connectivity index (χ2n) is 7.30. The summed E-state index contributed by atoms with van der Waals surface area (Å²) >= 11 is 0. The van der Waals surface area contributed by atoms with Crippen LogP contribution in [0.15, 0.2) is 12.1 Å². The predicted molar refractivity (Wildman–Crippen MR) is 87.1 cm³/mol. The molecule has 2 aromatic carbocycles. The van der Waals surface area contributed by atoms with Crippen LogP contribution in [0.4, 0.5) is 79.0 Å². The third kappa shape index (κ3) is 5.07. The highest BCUT2D eigenvalue weighted by atomic mass is 19.4. The van der Waals surface area contributed by atoms with Gasteiger partial charge in [-0.1, -0.05) is 0 Å². The van der Waals surface area contributed by atoms with E-state index in [1.807, 2.05) is 0 Å². The lowest BCUT2D eigenvalue weighted by atomic mass is 9.96. The maximum atomic E-state index is 13.6. The van der Waals surface area contributed by atoms with Crippen molar-refractivity contribution in [2.45, 2.75) is 37.1 Å². The third-order valence-corrected chi connectivity index (χ3v) is 4.78. The molecule has 1 aromatic heterocycles. The number of hydrogen-bond acceptors (Lipinski definition) is 2. The van der Waals surface area contributed by atoms with Crippen molar-refractivity contribution in [3.05, 3.63) is 45.5 Å². The predicted octanol–water partition coefficient (Wildman–Crippen LogP) is 8.90. The molecule has 0 spiro atoms. The molecule has 2 nitrogen and oxygen atoms in total. The summed E-state index contributed by atoms with van der Waals surface area (Å²) in [5, 5.41) is 0. The van der Waals surface area contributed by atoms with Crippen LogP contribution in [-0.4, -0.2) is 9.97 Å². The number of rotatable bonds is 0. The van der Waals surface area contributed by atoms with Crippen LogP contribution in [0.3, 0.4) is 0 Å². The normalized spacial score (nSPS) is 14.6. The molecule has 0 saturated heterocycles. The van der Waals surface area contributed by atoms with E-state index in [4.69, 9.17) is 0 Å². The summed E-state index contributed by atoms with van der Waals surface area (Å²) in [6.45, 7) is 0. The summed E-state index contributed by atoms with van der Waals surface area (Å²) in [5.74, 6) is 0. The van der Waals surface area contributed by atoms with Crippen LogP contribution < -0.4 is 0 Å². The summed E-state index contributed by atoms with van der Waals surface area (Å²) in [6, 6.07) is -2.48. The van der Waals surface area contributed by atoms with Crippen LogP contribution in [0.2, 0.25) is 0 Å². The Morgan fingerprint density at radius 1 is 0.316 bits per heavy atom. The fraction of sp³-hybridized carbons (Fsp3) is 0.333. The van der Waals surface area contributed by atoms with Gasteiger partial charge < -0.3 is 0 Å². The molecule has 0 aliphatic carbocycles. The number of benzene rings is 2. The fourth-order valence-corrected chi connectivity index (χ4v) is 3.44. The van der Waals surface area contributed by atoms with Crippen molar-refractivity contribution >= 4 is 22.1 Å². The van der Waals surface area contributed by atoms with E-state index in [9.17, 15) is 79.0 Å². The monoisotopic (exact) mass is 588 g/mol. The number of aromatic nitrogens is 2. The average Bonchev–Trinajstić information content (AvgIpc) is 2.64. The van der Waals surface area contributed by atoms with E-state index < -0.39 is 105 Å². The van der Waals surface area contributed by atoms with Gasteiger partial charge in [-0.3, -0.25) is 0 Å². The molecule has 0 amide bonds. The van der Waals surface area contributed by atoms with Crippen LogP contribution in [0.1, 0.15) is 33.4 Å². The summed E-state index contributed by atoms with van der Waals surface area (Å²) in [5.41, 5.74) is -28.6. The summed E-state index contributed by atoms with van der Waals surface area (Å²) in [4.78, 5) is 4.77. The molecule has 1 heterocycles. The lowest BCUT2D eigenvalue weighted by molar-refractivity contribution is -0.162. The van der Waals surface area contributed by atoms with E-state index in [1.165, 1.54) is 0 Å². The van der Waals surface area contributed by atoms with Crippen LogP contribution in [0, 0.1) is 0 Å². The second-order valence-corrected chi connectivity index (χ2v) is 7.30. The molecule has 0 aliphatic rings. The molecule has 0 saturated carbocycles. The molecule has 20 heteroatoms. The van der Waals surface area contributed by atoms with E-state index in [0.717, 1.165) is 0 Å². The van der Waals surface area contributed by atoms with Gasteiger partial charge in [-0.25, -0.2) is 9.97 Å². The highest BCUT2D eigenvalue weighted by molar-refractivity contribution is 5.95. The molecular formula is C18H2F18N2. The number of fused-ring (bicyclic) bond motifs is 2. The maximum Gasteiger partial charge on any atom is 0.419 e. The van der Waals surface area contributed by atoms with Gasteiger partial charge in [0.05, 0.1) is 33.4 Å². The number of alkyl halides is 18. The first-order chi connectivity index (χ1) is 16.7. The molecule has 3 aromatic rings. The third-order valence-electron chi connectivity index (χ3n) is 4.78. The lowest BCUT2D eigenvalue weighted by Gasteiger charge is -2.23. The molecule has 0 radical (unpaired) electrons. The minimum absolute atomic E-state index is 1.24. The highest BCUT2D eigenvalue weighted by Crippen LogP contribution is 2.50. The SMILES string of the molecule is FC(F)(F)c1cc(C(F)(F)F)c2nc3c(C(F)(F)F)c(C(F)(F)F)cc(C(F)(F)F)c3nc2c1C(F)(F)F. The summed E-state index contributed by atoms with van der Waals surface area (Å²) in [7, 11) is 0. The summed E-state index contributed by atoms with van der Waals surface area (Å²) in [6.07, 6.45) is -37.5. The zero-order valence-electron chi connectivity index (χ0n) is 16.9. The molecule has 38 heavy (non-hydrogen) atoms. The van der Waals surface area contributed by atoms with Crippen LogP contribution in [0.5, 0.6) is 0 Å². The topological polar surface area (TPSA) is 25.8 Å². The van der Waals surface area contributed by atoms with Crippen molar-refractivity contribution in [1.82, 2.24) is 9.97 Å². The molecule has 0 bridgehead atoms. The smallest absolute Gasteiger partial charge is 0.243 e. The van der Waals surface area contributed by atoms with Crippen molar-refractivity contribution in [2.24, 2.45) is 0 Å². The van der Waals surface area contributed by atoms with E-state index in [-0.39, 0.29) is 0 Å². The first kappa shape index (κ1) is 29.3. The molecule has 0 N–H and O–H groups in total. The van der Waals surface area contributed by atoms with Gasteiger partial charge in [-0.05, 0) is 12.1 Å². The van der Waals surface area contributed by atoms with Gasteiger partial charge >= 0.3 is 37.1 Å². The highest BCUT2D eigenvalue weighted by Gasteiger charge is 2.51. The Hall–Kier alpha value is -3.22. The Balaban J connectivity index is 2.86. The Labute approximate surface area is 194 Å². The van der Waals surface area contributed by atoms with E-state index >= 15 is 0 Å². The van der Waals surface area contributed by atoms with Crippen molar-refractivity contribution in [3.63, 3.8) is 0 Å². The van der Waals surface area contributed by atoms with E-state index in [1.54, 1.807) is 0 Å². The zero-order valence-corrected chi connectivity index (χ0v) is 16.9.